The molecule has 0 bridgehead atoms. The minimum atomic E-state index is -0.0129. The summed E-state index contributed by atoms with van der Waals surface area (Å²) in [6.45, 7) is 6.77. The highest BCUT2D eigenvalue weighted by Gasteiger charge is 2.17. The number of aryl methyl sites for hydroxylation is 2. The van der Waals surface area contributed by atoms with Crippen molar-refractivity contribution in [3.63, 3.8) is 0 Å². The molecule has 2 N–H and O–H groups in total. The third-order valence-electron chi connectivity index (χ3n) is 3.50. The van der Waals surface area contributed by atoms with Crippen LogP contribution in [0.5, 0.6) is 0 Å². The number of nitrogens with zero attached hydrogens (tertiary/aromatic N) is 1. The van der Waals surface area contributed by atoms with E-state index in [1.807, 2.05) is 20.9 Å². The summed E-state index contributed by atoms with van der Waals surface area (Å²) in [6, 6.07) is 8.35. The summed E-state index contributed by atoms with van der Waals surface area (Å²) in [5, 5.41) is 7.02. The van der Waals surface area contributed by atoms with Gasteiger partial charge in [0.1, 0.15) is 5.01 Å². The van der Waals surface area contributed by atoms with Crippen molar-refractivity contribution in [2.75, 3.05) is 13.6 Å². The van der Waals surface area contributed by atoms with E-state index in [0.717, 1.165) is 21.1 Å². The van der Waals surface area contributed by atoms with Crippen molar-refractivity contribution in [1.29, 1.82) is 0 Å². The summed E-state index contributed by atoms with van der Waals surface area (Å²) in [7, 11) is 1.85. The van der Waals surface area contributed by atoms with Crippen molar-refractivity contribution in [3.8, 4) is 10.6 Å². The molecule has 0 spiro atoms. The standard InChI is InChI=1S/C17H23N3OS.ClH/c1-11-5-7-14(8-6-11)17-20-13(3)16(22-17)12(2)19-15(21)9-10-18-4;/h5-8,12,18H,9-10H2,1-4H3,(H,19,21);1H. The van der Waals surface area contributed by atoms with Gasteiger partial charge in [0.15, 0.2) is 0 Å². The Hall–Kier alpha value is -1.43. The van der Waals surface area contributed by atoms with Crippen LogP contribution in [0.3, 0.4) is 0 Å². The maximum Gasteiger partial charge on any atom is 0.221 e. The molecule has 2 rings (SSSR count). The second-order valence-electron chi connectivity index (χ2n) is 5.48. The molecule has 1 unspecified atom stereocenters. The van der Waals surface area contributed by atoms with Crippen LogP contribution < -0.4 is 10.6 Å². The van der Waals surface area contributed by atoms with Crippen molar-refractivity contribution >= 4 is 29.7 Å². The fourth-order valence-electron chi connectivity index (χ4n) is 2.25. The number of amides is 1. The molecule has 0 aliphatic heterocycles. The number of halogens is 1. The summed E-state index contributed by atoms with van der Waals surface area (Å²) in [5.41, 5.74) is 3.35. The number of aromatic nitrogens is 1. The monoisotopic (exact) mass is 353 g/mol. The Bertz CT molecular complexity index is 640. The van der Waals surface area contributed by atoms with Crippen LogP contribution in [0.15, 0.2) is 24.3 Å². The summed E-state index contributed by atoms with van der Waals surface area (Å²) in [5.74, 6) is 0.0616. The zero-order chi connectivity index (χ0) is 16.1. The molecule has 23 heavy (non-hydrogen) atoms. The number of carbonyl (C=O) groups is 1. The molecule has 1 atom stereocenters. The number of benzene rings is 1. The van der Waals surface area contributed by atoms with Crippen molar-refractivity contribution in [1.82, 2.24) is 15.6 Å². The first-order chi connectivity index (χ1) is 10.5. The number of carbonyl (C=O) groups excluding carboxylic acids is 1. The lowest BCUT2D eigenvalue weighted by atomic mass is 10.2. The Morgan fingerprint density at radius 3 is 2.52 bits per heavy atom. The van der Waals surface area contributed by atoms with Crippen LogP contribution >= 0.6 is 23.7 Å². The highest BCUT2D eigenvalue weighted by Crippen LogP contribution is 2.31. The van der Waals surface area contributed by atoms with E-state index >= 15 is 0 Å². The van der Waals surface area contributed by atoms with E-state index in [4.69, 9.17) is 0 Å². The van der Waals surface area contributed by atoms with Crippen LogP contribution in [0.25, 0.3) is 10.6 Å². The van der Waals surface area contributed by atoms with Gasteiger partial charge in [0, 0.05) is 18.5 Å². The SMILES string of the molecule is CNCCC(=O)NC(C)c1sc(-c2ccc(C)cc2)nc1C.Cl. The van der Waals surface area contributed by atoms with Crippen molar-refractivity contribution in [3.05, 3.63) is 40.4 Å². The van der Waals surface area contributed by atoms with Gasteiger partial charge in [-0.15, -0.1) is 23.7 Å². The molecule has 2 aromatic rings. The second kappa shape index (κ2) is 9.01. The normalized spacial score (nSPS) is 11.7. The Balaban J connectivity index is 0.00000264. The molecule has 1 aromatic carbocycles. The van der Waals surface area contributed by atoms with E-state index in [-0.39, 0.29) is 24.4 Å². The largest absolute Gasteiger partial charge is 0.349 e. The molecular weight excluding hydrogens is 330 g/mol. The van der Waals surface area contributed by atoms with Gasteiger partial charge in [-0.05, 0) is 27.8 Å². The predicted molar refractivity (Wildman–Crippen MR) is 99.4 cm³/mol. The van der Waals surface area contributed by atoms with E-state index in [0.29, 0.717) is 13.0 Å². The molecular formula is C17H24ClN3OS. The van der Waals surface area contributed by atoms with Crippen LogP contribution in [0, 0.1) is 13.8 Å². The minimum Gasteiger partial charge on any atom is -0.349 e. The molecule has 1 heterocycles. The summed E-state index contributed by atoms with van der Waals surface area (Å²) in [4.78, 5) is 17.6. The van der Waals surface area contributed by atoms with E-state index in [9.17, 15) is 4.79 Å². The van der Waals surface area contributed by atoms with Gasteiger partial charge in [-0.2, -0.15) is 0 Å². The van der Waals surface area contributed by atoms with E-state index in [2.05, 4.69) is 46.8 Å². The van der Waals surface area contributed by atoms with E-state index < -0.39 is 0 Å². The molecule has 0 fully saturated rings. The Labute approximate surface area is 148 Å². The fourth-order valence-corrected chi connectivity index (χ4v) is 3.32. The van der Waals surface area contributed by atoms with Crippen molar-refractivity contribution < 1.29 is 4.79 Å². The van der Waals surface area contributed by atoms with E-state index in [1.165, 1.54) is 5.56 Å². The summed E-state index contributed by atoms with van der Waals surface area (Å²) >= 11 is 1.65. The topological polar surface area (TPSA) is 54.0 Å². The van der Waals surface area contributed by atoms with Gasteiger partial charge in [-0.3, -0.25) is 4.79 Å². The minimum absolute atomic E-state index is 0. The fraction of sp³-hybridized carbons (Fsp3) is 0.412. The molecule has 1 amide bonds. The lowest BCUT2D eigenvalue weighted by Crippen LogP contribution is -2.28. The van der Waals surface area contributed by atoms with Crippen molar-refractivity contribution in [2.24, 2.45) is 0 Å². The number of thiazole rings is 1. The van der Waals surface area contributed by atoms with Gasteiger partial charge >= 0.3 is 0 Å². The molecule has 0 saturated carbocycles. The number of hydrogen-bond acceptors (Lipinski definition) is 4. The van der Waals surface area contributed by atoms with Gasteiger partial charge < -0.3 is 10.6 Å². The molecule has 0 aliphatic rings. The zero-order valence-electron chi connectivity index (χ0n) is 14.0. The first-order valence-electron chi connectivity index (χ1n) is 7.49. The van der Waals surface area contributed by atoms with Gasteiger partial charge in [-0.1, -0.05) is 29.8 Å². The summed E-state index contributed by atoms with van der Waals surface area (Å²) in [6.07, 6.45) is 0.490. The van der Waals surface area contributed by atoms with Gasteiger partial charge in [0.2, 0.25) is 5.91 Å². The van der Waals surface area contributed by atoms with Crippen molar-refractivity contribution in [2.45, 2.75) is 33.2 Å². The third kappa shape index (κ3) is 5.30. The quantitative estimate of drug-likeness (QED) is 0.833. The van der Waals surface area contributed by atoms with Crippen LogP contribution in [-0.4, -0.2) is 24.5 Å². The molecule has 0 aliphatic carbocycles. The number of hydrogen-bond donors (Lipinski definition) is 2. The van der Waals surface area contributed by atoms with Crippen LogP contribution in [0.1, 0.15) is 35.5 Å². The van der Waals surface area contributed by atoms with Gasteiger partial charge in [0.25, 0.3) is 0 Å². The predicted octanol–water partition coefficient (Wildman–Crippen LogP) is 3.64. The summed E-state index contributed by atoms with van der Waals surface area (Å²) < 4.78 is 0. The maximum absolute atomic E-state index is 11.8. The Kier molecular flexibility index (Phi) is 7.68. The first kappa shape index (κ1) is 19.6. The zero-order valence-corrected chi connectivity index (χ0v) is 15.6. The van der Waals surface area contributed by atoms with Crippen LogP contribution in [0.2, 0.25) is 0 Å². The van der Waals surface area contributed by atoms with Crippen LogP contribution in [-0.2, 0) is 4.79 Å². The average molecular weight is 354 g/mol. The molecule has 1 aromatic heterocycles. The Morgan fingerprint density at radius 2 is 1.91 bits per heavy atom. The number of rotatable bonds is 6. The van der Waals surface area contributed by atoms with Gasteiger partial charge in [0.05, 0.1) is 16.6 Å². The highest BCUT2D eigenvalue weighted by molar-refractivity contribution is 7.15. The lowest BCUT2D eigenvalue weighted by molar-refractivity contribution is -0.121. The first-order valence-corrected chi connectivity index (χ1v) is 8.31. The average Bonchev–Trinajstić information content (AvgIpc) is 2.88. The second-order valence-corrected chi connectivity index (χ2v) is 6.51. The molecule has 0 saturated heterocycles. The van der Waals surface area contributed by atoms with Crippen LogP contribution in [0.4, 0.5) is 0 Å². The number of nitrogens with one attached hydrogen (secondary N) is 2. The lowest BCUT2D eigenvalue weighted by Gasteiger charge is -2.12. The highest BCUT2D eigenvalue weighted by atomic mass is 35.5. The third-order valence-corrected chi connectivity index (χ3v) is 4.89. The van der Waals surface area contributed by atoms with Gasteiger partial charge in [-0.25, -0.2) is 4.98 Å². The molecule has 6 heteroatoms. The molecule has 4 nitrogen and oxygen atoms in total. The Morgan fingerprint density at radius 1 is 1.26 bits per heavy atom. The maximum atomic E-state index is 11.8. The molecule has 126 valence electrons. The molecule has 0 radical (unpaired) electrons. The van der Waals surface area contributed by atoms with E-state index in [1.54, 1.807) is 11.3 Å². The smallest absolute Gasteiger partial charge is 0.221 e.